The third kappa shape index (κ3) is 4.83. The molecule has 1 aromatic rings. The number of carbonyl (C=O) groups is 2. The Hall–Kier alpha value is -1.92. The maximum absolute atomic E-state index is 12.6. The van der Waals surface area contributed by atoms with E-state index < -0.39 is 5.97 Å². The Morgan fingerprint density at radius 2 is 1.92 bits per heavy atom. The van der Waals surface area contributed by atoms with Gasteiger partial charge in [-0.2, -0.15) is 0 Å². The zero-order valence-corrected chi connectivity index (χ0v) is 15.1. The second kappa shape index (κ2) is 8.64. The standard InChI is InChI=1S/C20H28N2O4/c21-11-13-1-2-15-10-16(4-3-14(15)9-13)20(25)22-17-5-7-18(8-6-17)26-12-19(23)24/h3-4,10,13,17-18H,1-2,5-9,11-12,21H2,(H,22,25)(H,23,24). The molecule has 0 radical (unpaired) electrons. The predicted octanol–water partition coefficient (Wildman–Crippen LogP) is 1.89. The summed E-state index contributed by atoms with van der Waals surface area (Å²) >= 11 is 0. The molecule has 1 aromatic carbocycles. The molecule has 1 amide bonds. The average Bonchev–Trinajstić information content (AvgIpc) is 2.66. The summed E-state index contributed by atoms with van der Waals surface area (Å²) in [7, 11) is 0. The highest BCUT2D eigenvalue weighted by atomic mass is 16.5. The van der Waals surface area contributed by atoms with Gasteiger partial charge in [0.15, 0.2) is 0 Å². The van der Waals surface area contributed by atoms with Crippen LogP contribution in [-0.2, 0) is 22.4 Å². The van der Waals surface area contributed by atoms with E-state index in [-0.39, 0.29) is 24.7 Å². The third-order valence-electron chi connectivity index (χ3n) is 5.58. The van der Waals surface area contributed by atoms with E-state index in [2.05, 4.69) is 11.4 Å². The molecule has 26 heavy (non-hydrogen) atoms. The van der Waals surface area contributed by atoms with E-state index in [1.807, 2.05) is 12.1 Å². The topological polar surface area (TPSA) is 102 Å². The van der Waals surface area contributed by atoms with Crippen LogP contribution in [0.25, 0.3) is 0 Å². The van der Waals surface area contributed by atoms with Crippen molar-refractivity contribution in [2.45, 2.75) is 57.1 Å². The van der Waals surface area contributed by atoms with Crippen LogP contribution in [0.2, 0.25) is 0 Å². The number of amides is 1. The molecule has 2 aliphatic carbocycles. The predicted molar refractivity (Wildman–Crippen MR) is 98.1 cm³/mol. The zero-order chi connectivity index (χ0) is 18.5. The molecule has 0 aromatic heterocycles. The number of aliphatic carboxylic acids is 1. The molecular weight excluding hydrogens is 332 g/mol. The molecular formula is C20H28N2O4. The van der Waals surface area contributed by atoms with Crippen LogP contribution in [0.1, 0.15) is 53.6 Å². The third-order valence-corrected chi connectivity index (χ3v) is 5.58. The van der Waals surface area contributed by atoms with Crippen molar-refractivity contribution in [1.82, 2.24) is 5.32 Å². The number of ether oxygens (including phenoxy) is 1. The first-order valence-electron chi connectivity index (χ1n) is 9.51. The van der Waals surface area contributed by atoms with Crippen LogP contribution in [0.4, 0.5) is 0 Å². The van der Waals surface area contributed by atoms with Crippen LogP contribution >= 0.6 is 0 Å². The van der Waals surface area contributed by atoms with Crippen LogP contribution < -0.4 is 11.1 Å². The van der Waals surface area contributed by atoms with Gasteiger partial charge in [0.1, 0.15) is 6.61 Å². The second-order valence-electron chi connectivity index (χ2n) is 7.48. The molecule has 0 saturated heterocycles. The van der Waals surface area contributed by atoms with Crippen LogP contribution in [-0.4, -0.2) is 42.3 Å². The van der Waals surface area contributed by atoms with Crippen molar-refractivity contribution in [2.24, 2.45) is 11.7 Å². The molecule has 2 aliphatic rings. The normalized spacial score (nSPS) is 25.3. The fraction of sp³-hybridized carbons (Fsp3) is 0.600. The van der Waals surface area contributed by atoms with Gasteiger partial charge in [-0.25, -0.2) is 4.79 Å². The summed E-state index contributed by atoms with van der Waals surface area (Å²) in [6.45, 7) is 0.475. The molecule has 142 valence electrons. The number of carboxylic acid groups (broad SMARTS) is 1. The van der Waals surface area contributed by atoms with Gasteiger partial charge >= 0.3 is 5.97 Å². The van der Waals surface area contributed by atoms with Gasteiger partial charge in [0.05, 0.1) is 6.10 Å². The Morgan fingerprint density at radius 3 is 2.62 bits per heavy atom. The molecule has 0 heterocycles. The minimum absolute atomic E-state index is 0.0153. The summed E-state index contributed by atoms with van der Waals surface area (Å²) < 4.78 is 5.34. The Balaban J connectivity index is 1.51. The largest absolute Gasteiger partial charge is 0.480 e. The van der Waals surface area contributed by atoms with Crippen molar-refractivity contribution in [3.05, 3.63) is 34.9 Å². The lowest BCUT2D eigenvalue weighted by molar-refractivity contribution is -0.145. The maximum atomic E-state index is 12.6. The van der Waals surface area contributed by atoms with Crippen molar-refractivity contribution < 1.29 is 19.4 Å². The lowest BCUT2D eigenvalue weighted by atomic mass is 9.83. The summed E-state index contributed by atoms with van der Waals surface area (Å²) in [5.41, 5.74) is 9.10. The summed E-state index contributed by atoms with van der Waals surface area (Å²) in [6, 6.07) is 6.14. The van der Waals surface area contributed by atoms with Crippen molar-refractivity contribution in [3.8, 4) is 0 Å². The molecule has 1 atom stereocenters. The van der Waals surface area contributed by atoms with E-state index in [0.717, 1.165) is 57.1 Å². The summed E-state index contributed by atoms with van der Waals surface area (Å²) in [5.74, 6) is -0.407. The van der Waals surface area contributed by atoms with Gasteiger partial charge in [-0.15, -0.1) is 0 Å². The molecule has 1 saturated carbocycles. The van der Waals surface area contributed by atoms with Gasteiger partial charge in [-0.1, -0.05) is 6.07 Å². The number of fused-ring (bicyclic) bond motifs is 1. The zero-order valence-electron chi connectivity index (χ0n) is 15.1. The fourth-order valence-corrected chi connectivity index (χ4v) is 4.00. The monoisotopic (exact) mass is 360 g/mol. The molecule has 6 heteroatoms. The molecule has 0 spiro atoms. The summed E-state index contributed by atoms with van der Waals surface area (Å²) in [6.07, 6.45) is 6.27. The summed E-state index contributed by atoms with van der Waals surface area (Å²) in [4.78, 5) is 23.1. The summed E-state index contributed by atoms with van der Waals surface area (Å²) in [5, 5.41) is 11.8. The van der Waals surface area contributed by atoms with E-state index in [9.17, 15) is 9.59 Å². The highest BCUT2D eigenvalue weighted by Gasteiger charge is 2.24. The number of nitrogens with two attached hydrogens (primary N) is 1. The highest BCUT2D eigenvalue weighted by molar-refractivity contribution is 5.94. The van der Waals surface area contributed by atoms with Crippen molar-refractivity contribution >= 4 is 11.9 Å². The minimum atomic E-state index is -0.939. The molecule has 1 fully saturated rings. The van der Waals surface area contributed by atoms with Crippen molar-refractivity contribution in [1.29, 1.82) is 0 Å². The van der Waals surface area contributed by atoms with Crippen LogP contribution in [0.3, 0.4) is 0 Å². The number of carboxylic acids is 1. The molecule has 0 aliphatic heterocycles. The average molecular weight is 360 g/mol. The number of aryl methyl sites for hydroxylation is 1. The lowest BCUT2D eigenvalue weighted by Crippen LogP contribution is -2.39. The van der Waals surface area contributed by atoms with Gasteiger partial charge in [-0.05, 0) is 80.7 Å². The Kier molecular flexibility index (Phi) is 6.27. The van der Waals surface area contributed by atoms with Gasteiger partial charge < -0.3 is 20.9 Å². The first-order chi connectivity index (χ1) is 12.5. The number of carbonyl (C=O) groups excluding carboxylic acids is 1. The minimum Gasteiger partial charge on any atom is -0.480 e. The number of hydrogen-bond donors (Lipinski definition) is 3. The SMILES string of the molecule is NCC1CCc2cc(C(=O)NC3CCC(OCC(=O)O)CC3)ccc2C1. The first kappa shape index (κ1) is 18.9. The van der Waals surface area contributed by atoms with E-state index in [0.29, 0.717) is 5.92 Å². The van der Waals surface area contributed by atoms with Crippen LogP contribution in [0.5, 0.6) is 0 Å². The molecule has 3 rings (SSSR count). The Bertz CT molecular complexity index is 653. The van der Waals surface area contributed by atoms with E-state index in [1.165, 1.54) is 11.1 Å². The fourth-order valence-electron chi connectivity index (χ4n) is 4.00. The molecule has 4 N–H and O–H groups in total. The Labute approximate surface area is 154 Å². The first-order valence-corrected chi connectivity index (χ1v) is 9.51. The lowest BCUT2D eigenvalue weighted by Gasteiger charge is -2.29. The number of hydrogen-bond acceptors (Lipinski definition) is 4. The van der Waals surface area contributed by atoms with Gasteiger partial charge in [0.25, 0.3) is 5.91 Å². The van der Waals surface area contributed by atoms with Crippen molar-refractivity contribution in [2.75, 3.05) is 13.2 Å². The van der Waals surface area contributed by atoms with Gasteiger partial charge in [-0.3, -0.25) is 4.79 Å². The van der Waals surface area contributed by atoms with Crippen LogP contribution in [0, 0.1) is 5.92 Å². The van der Waals surface area contributed by atoms with E-state index in [4.69, 9.17) is 15.6 Å². The molecule has 1 unspecified atom stereocenters. The Morgan fingerprint density at radius 1 is 1.15 bits per heavy atom. The number of nitrogens with one attached hydrogen (secondary N) is 1. The molecule has 6 nitrogen and oxygen atoms in total. The van der Waals surface area contributed by atoms with Gasteiger partial charge in [0.2, 0.25) is 0 Å². The quantitative estimate of drug-likeness (QED) is 0.719. The van der Waals surface area contributed by atoms with Crippen LogP contribution in [0.15, 0.2) is 18.2 Å². The smallest absolute Gasteiger partial charge is 0.329 e. The molecule has 0 bridgehead atoms. The number of rotatable bonds is 6. The van der Waals surface area contributed by atoms with E-state index >= 15 is 0 Å². The van der Waals surface area contributed by atoms with E-state index in [1.54, 1.807) is 0 Å². The highest BCUT2D eigenvalue weighted by Crippen LogP contribution is 2.26. The second-order valence-corrected chi connectivity index (χ2v) is 7.48. The maximum Gasteiger partial charge on any atom is 0.329 e. The number of benzene rings is 1. The van der Waals surface area contributed by atoms with Gasteiger partial charge in [0, 0.05) is 11.6 Å². The van der Waals surface area contributed by atoms with Crippen molar-refractivity contribution in [3.63, 3.8) is 0 Å².